The van der Waals surface area contributed by atoms with Gasteiger partial charge in [-0.05, 0) is 52.0 Å². The number of rotatable bonds is 5. The fourth-order valence-electron chi connectivity index (χ4n) is 3.31. The van der Waals surface area contributed by atoms with Gasteiger partial charge in [0.05, 0.1) is 9.89 Å². The maximum absolute atomic E-state index is 14.6. The third-order valence-electron chi connectivity index (χ3n) is 4.64. The van der Waals surface area contributed by atoms with Crippen LogP contribution in [0.5, 0.6) is 5.75 Å². The molecule has 0 aliphatic heterocycles. The fourth-order valence-corrected chi connectivity index (χ4v) is 3.86. The summed E-state index contributed by atoms with van der Waals surface area (Å²) in [5, 5.41) is 9.65. The predicted octanol–water partition coefficient (Wildman–Crippen LogP) is 5.06. The van der Waals surface area contributed by atoms with E-state index < -0.39 is 17.2 Å². The Labute approximate surface area is 148 Å². The van der Waals surface area contributed by atoms with Crippen LogP contribution in [0.1, 0.15) is 36.8 Å². The molecular weight excluding hydrogens is 375 g/mol. The summed E-state index contributed by atoms with van der Waals surface area (Å²) in [5.41, 5.74) is 0.455. The molecule has 3 rings (SSSR count). The minimum Gasteiger partial charge on any atom is -0.485 e. The second-order valence-electron chi connectivity index (χ2n) is 6.14. The third kappa shape index (κ3) is 3.18. The van der Waals surface area contributed by atoms with E-state index in [9.17, 15) is 14.3 Å². The van der Waals surface area contributed by atoms with Crippen molar-refractivity contribution in [2.24, 2.45) is 0 Å². The number of hydrogen-bond donors (Lipinski definition) is 1. The van der Waals surface area contributed by atoms with Crippen molar-refractivity contribution < 1.29 is 19.0 Å². The highest BCUT2D eigenvalue weighted by atomic mass is 79.9. The normalized spacial score (nSPS) is 16.1. The van der Waals surface area contributed by atoms with Crippen LogP contribution < -0.4 is 4.74 Å². The van der Waals surface area contributed by atoms with Crippen LogP contribution in [0, 0.1) is 5.82 Å². The number of halogens is 2. The van der Waals surface area contributed by atoms with Gasteiger partial charge in [0.2, 0.25) is 0 Å². The van der Waals surface area contributed by atoms with Gasteiger partial charge < -0.3 is 9.84 Å². The lowest BCUT2D eigenvalue weighted by Crippen LogP contribution is -2.32. The molecule has 24 heavy (non-hydrogen) atoms. The molecule has 1 aliphatic rings. The van der Waals surface area contributed by atoms with E-state index in [1.54, 1.807) is 6.07 Å². The fraction of sp³-hybridized carbons (Fsp3) is 0.316. The Morgan fingerprint density at radius 1 is 1.21 bits per heavy atom. The van der Waals surface area contributed by atoms with Crippen LogP contribution in [0.25, 0.3) is 0 Å². The topological polar surface area (TPSA) is 46.5 Å². The molecule has 1 N–H and O–H groups in total. The van der Waals surface area contributed by atoms with Gasteiger partial charge in [-0.1, -0.05) is 43.2 Å². The smallest absolute Gasteiger partial charge is 0.314 e. The van der Waals surface area contributed by atoms with Crippen molar-refractivity contribution in [2.45, 2.75) is 37.7 Å². The Hall–Kier alpha value is -1.88. The molecule has 126 valence electrons. The van der Waals surface area contributed by atoms with Crippen molar-refractivity contribution in [1.29, 1.82) is 0 Å². The monoisotopic (exact) mass is 392 g/mol. The number of carboxylic acid groups (broad SMARTS) is 1. The van der Waals surface area contributed by atoms with E-state index in [1.165, 1.54) is 6.07 Å². The molecule has 0 heterocycles. The van der Waals surface area contributed by atoms with Crippen molar-refractivity contribution in [3.8, 4) is 5.75 Å². The lowest BCUT2D eigenvalue weighted by Gasteiger charge is -2.25. The Kier molecular flexibility index (Phi) is 4.90. The van der Waals surface area contributed by atoms with Gasteiger partial charge in [0, 0.05) is 0 Å². The molecule has 0 atom stereocenters. The Bertz CT molecular complexity index is 717. The summed E-state index contributed by atoms with van der Waals surface area (Å²) in [6, 6.07) is 12.5. The van der Waals surface area contributed by atoms with E-state index in [1.807, 2.05) is 30.3 Å². The van der Waals surface area contributed by atoms with Gasteiger partial charge in [-0.25, -0.2) is 4.39 Å². The summed E-state index contributed by atoms with van der Waals surface area (Å²) in [6.07, 6.45) is 2.77. The van der Waals surface area contributed by atoms with Gasteiger partial charge in [0.1, 0.15) is 6.61 Å². The lowest BCUT2D eigenvalue weighted by atomic mass is 9.79. The molecule has 5 heteroatoms. The zero-order valence-corrected chi connectivity index (χ0v) is 14.7. The first-order valence-electron chi connectivity index (χ1n) is 7.92. The number of aliphatic carboxylic acids is 1. The third-order valence-corrected chi connectivity index (χ3v) is 5.23. The minimum atomic E-state index is -0.985. The van der Waals surface area contributed by atoms with Crippen LogP contribution in [0.15, 0.2) is 46.9 Å². The summed E-state index contributed by atoms with van der Waals surface area (Å²) in [7, 11) is 0. The molecule has 1 saturated carbocycles. The largest absolute Gasteiger partial charge is 0.485 e. The average Bonchev–Trinajstić information content (AvgIpc) is 3.06. The molecule has 3 nitrogen and oxygen atoms in total. The van der Waals surface area contributed by atoms with Gasteiger partial charge in [0.15, 0.2) is 11.6 Å². The zero-order valence-electron chi connectivity index (χ0n) is 13.1. The zero-order chi connectivity index (χ0) is 17.2. The van der Waals surface area contributed by atoms with Crippen LogP contribution in [-0.4, -0.2) is 11.1 Å². The number of benzene rings is 2. The van der Waals surface area contributed by atoms with E-state index in [2.05, 4.69) is 15.9 Å². The number of carbonyl (C=O) groups is 1. The summed E-state index contributed by atoms with van der Waals surface area (Å²) in [4.78, 5) is 11.8. The van der Waals surface area contributed by atoms with E-state index in [-0.39, 0.29) is 12.4 Å². The summed E-state index contributed by atoms with van der Waals surface area (Å²) >= 11 is 3.33. The number of hydrogen-bond acceptors (Lipinski definition) is 2. The highest BCUT2D eigenvalue weighted by Crippen LogP contribution is 2.44. The van der Waals surface area contributed by atoms with Gasteiger partial charge in [0.25, 0.3) is 0 Å². The van der Waals surface area contributed by atoms with Gasteiger partial charge in [-0.15, -0.1) is 0 Å². The number of carboxylic acids is 1. The molecule has 0 unspecified atom stereocenters. The summed E-state index contributed by atoms with van der Waals surface area (Å²) in [6.45, 7) is 0.250. The van der Waals surface area contributed by atoms with Gasteiger partial charge in [-0.3, -0.25) is 4.79 Å². The van der Waals surface area contributed by atoms with E-state index >= 15 is 0 Å². The second-order valence-corrected chi connectivity index (χ2v) is 6.99. The molecule has 0 aromatic heterocycles. The van der Waals surface area contributed by atoms with E-state index in [0.29, 0.717) is 22.9 Å². The summed E-state index contributed by atoms with van der Waals surface area (Å²) < 4.78 is 20.6. The molecule has 0 radical (unpaired) electrons. The molecule has 0 bridgehead atoms. The molecule has 2 aromatic carbocycles. The van der Waals surface area contributed by atoms with Crippen molar-refractivity contribution in [1.82, 2.24) is 0 Å². The molecule has 0 spiro atoms. The molecule has 1 fully saturated rings. The first-order valence-corrected chi connectivity index (χ1v) is 8.72. The first kappa shape index (κ1) is 17.0. The van der Waals surface area contributed by atoms with Crippen LogP contribution in [-0.2, 0) is 16.8 Å². The van der Waals surface area contributed by atoms with E-state index in [4.69, 9.17) is 4.74 Å². The highest BCUT2D eigenvalue weighted by Gasteiger charge is 2.43. The van der Waals surface area contributed by atoms with Crippen LogP contribution >= 0.6 is 15.9 Å². The van der Waals surface area contributed by atoms with E-state index in [0.717, 1.165) is 18.4 Å². The highest BCUT2D eigenvalue weighted by molar-refractivity contribution is 9.10. The number of ether oxygens (including phenoxy) is 1. The molecule has 0 amide bonds. The Morgan fingerprint density at radius 3 is 2.46 bits per heavy atom. The second kappa shape index (κ2) is 6.93. The average molecular weight is 393 g/mol. The molecule has 0 saturated heterocycles. The van der Waals surface area contributed by atoms with Crippen LogP contribution in [0.3, 0.4) is 0 Å². The summed E-state index contributed by atoms with van der Waals surface area (Å²) in [5.74, 6) is -1.31. The van der Waals surface area contributed by atoms with Crippen LogP contribution in [0.2, 0.25) is 0 Å². The first-order chi connectivity index (χ1) is 11.5. The quantitative estimate of drug-likeness (QED) is 0.772. The molecular formula is C19H18BrFO3. The Morgan fingerprint density at radius 2 is 1.88 bits per heavy atom. The van der Waals surface area contributed by atoms with Crippen molar-refractivity contribution in [3.63, 3.8) is 0 Å². The van der Waals surface area contributed by atoms with Crippen molar-refractivity contribution >= 4 is 21.9 Å². The van der Waals surface area contributed by atoms with Crippen LogP contribution in [0.4, 0.5) is 4.39 Å². The standard InChI is InChI=1S/C19H18BrFO3/c20-15-10-14(19(18(22)23)8-4-5-9-19)11-16(21)17(15)24-12-13-6-2-1-3-7-13/h1-3,6-7,10-11H,4-5,8-9,12H2,(H,22,23). The maximum Gasteiger partial charge on any atom is 0.314 e. The maximum atomic E-state index is 14.6. The molecule has 1 aliphatic carbocycles. The predicted molar refractivity (Wildman–Crippen MR) is 92.7 cm³/mol. The SMILES string of the molecule is O=C(O)C1(c2cc(F)c(OCc3ccccc3)c(Br)c2)CCCC1. The van der Waals surface area contributed by atoms with Gasteiger partial charge >= 0.3 is 5.97 Å². The molecule has 2 aromatic rings. The van der Waals surface area contributed by atoms with Crippen molar-refractivity contribution in [3.05, 3.63) is 63.9 Å². The minimum absolute atomic E-state index is 0.112. The lowest BCUT2D eigenvalue weighted by molar-refractivity contribution is -0.143. The van der Waals surface area contributed by atoms with Crippen molar-refractivity contribution in [2.75, 3.05) is 0 Å². The Balaban J connectivity index is 1.87. The van der Waals surface area contributed by atoms with Gasteiger partial charge in [-0.2, -0.15) is 0 Å².